The number of anilines is 1. The maximum atomic E-state index is 12.5. The lowest BCUT2D eigenvalue weighted by atomic mass is 9.98. The van der Waals surface area contributed by atoms with Crippen LogP contribution >= 0.6 is 11.6 Å². The monoisotopic (exact) mass is 409 g/mol. The van der Waals surface area contributed by atoms with E-state index in [2.05, 4.69) is 10.6 Å². The predicted octanol–water partition coefficient (Wildman–Crippen LogP) is 4.87. The van der Waals surface area contributed by atoms with Gasteiger partial charge in [0.25, 0.3) is 5.69 Å². The van der Waals surface area contributed by atoms with Crippen molar-refractivity contribution in [2.45, 2.75) is 13.0 Å². The maximum Gasteiger partial charge on any atom is 0.294 e. The molecule has 0 saturated heterocycles. The molecule has 0 unspecified atom stereocenters. The third kappa shape index (κ3) is 5.40. The summed E-state index contributed by atoms with van der Waals surface area (Å²) in [4.78, 5) is 23.1. The van der Waals surface area contributed by atoms with Gasteiger partial charge in [-0.3, -0.25) is 20.2 Å². The van der Waals surface area contributed by atoms with Crippen LogP contribution in [0.15, 0.2) is 72.8 Å². The van der Waals surface area contributed by atoms with Gasteiger partial charge >= 0.3 is 0 Å². The molecule has 0 aromatic heterocycles. The van der Waals surface area contributed by atoms with Crippen molar-refractivity contribution in [3.05, 3.63) is 105 Å². The maximum absolute atomic E-state index is 12.5. The van der Waals surface area contributed by atoms with Crippen molar-refractivity contribution in [2.24, 2.45) is 0 Å². The Hall–Kier alpha value is -3.22. The van der Waals surface area contributed by atoms with E-state index in [1.807, 2.05) is 61.5 Å². The Labute approximate surface area is 173 Å². The minimum Gasteiger partial charge on any atom is -0.319 e. The second kappa shape index (κ2) is 9.32. The Morgan fingerprint density at radius 2 is 1.69 bits per heavy atom. The first-order chi connectivity index (χ1) is 13.9. The molecule has 6 nitrogen and oxygen atoms in total. The van der Waals surface area contributed by atoms with Crippen LogP contribution in [0, 0.1) is 17.0 Å². The number of nitro benzene ring substituents is 1. The molecule has 0 aliphatic carbocycles. The van der Waals surface area contributed by atoms with E-state index in [9.17, 15) is 14.9 Å². The molecule has 3 aromatic rings. The van der Waals surface area contributed by atoms with Gasteiger partial charge in [-0.25, -0.2) is 0 Å². The second-order valence-electron chi connectivity index (χ2n) is 6.60. The van der Waals surface area contributed by atoms with Crippen LogP contribution in [0.5, 0.6) is 0 Å². The summed E-state index contributed by atoms with van der Waals surface area (Å²) >= 11 is 5.82. The number of carbonyl (C=O) groups excluding carboxylic acids is 1. The van der Waals surface area contributed by atoms with Crippen molar-refractivity contribution in [1.82, 2.24) is 5.32 Å². The minimum absolute atomic E-state index is 0.0206. The van der Waals surface area contributed by atoms with Crippen LogP contribution in [0.1, 0.15) is 22.7 Å². The Bertz CT molecular complexity index is 1010. The number of aryl methyl sites for hydroxylation is 1. The Balaban J connectivity index is 1.75. The van der Waals surface area contributed by atoms with Gasteiger partial charge in [-0.1, -0.05) is 71.8 Å². The number of nitrogens with one attached hydrogen (secondary N) is 2. The zero-order chi connectivity index (χ0) is 20.8. The van der Waals surface area contributed by atoms with Crippen molar-refractivity contribution in [3.63, 3.8) is 0 Å². The average Bonchev–Trinajstić information content (AvgIpc) is 2.71. The fourth-order valence-corrected chi connectivity index (χ4v) is 3.15. The molecule has 0 bridgehead atoms. The van der Waals surface area contributed by atoms with E-state index in [4.69, 9.17) is 11.6 Å². The lowest BCUT2D eigenvalue weighted by Crippen LogP contribution is -2.32. The molecule has 2 N–H and O–H groups in total. The van der Waals surface area contributed by atoms with Gasteiger partial charge in [0, 0.05) is 11.1 Å². The molecule has 0 spiro atoms. The Morgan fingerprint density at radius 3 is 2.34 bits per heavy atom. The molecule has 3 aromatic carbocycles. The van der Waals surface area contributed by atoms with Crippen LogP contribution in [0.2, 0.25) is 5.02 Å². The molecular formula is C22H20ClN3O3. The van der Waals surface area contributed by atoms with Gasteiger partial charge in [0.1, 0.15) is 5.69 Å². The number of nitro groups is 1. The summed E-state index contributed by atoms with van der Waals surface area (Å²) < 4.78 is 0. The van der Waals surface area contributed by atoms with Crippen molar-refractivity contribution >= 4 is 28.9 Å². The number of nitrogens with zero attached hydrogens (tertiary/aromatic N) is 1. The molecule has 0 aliphatic rings. The van der Waals surface area contributed by atoms with Gasteiger partial charge in [0.05, 0.1) is 17.5 Å². The molecule has 7 heteroatoms. The Kier molecular flexibility index (Phi) is 6.59. The van der Waals surface area contributed by atoms with Crippen LogP contribution in [-0.4, -0.2) is 17.4 Å². The number of hydrogen-bond acceptors (Lipinski definition) is 4. The highest BCUT2D eigenvalue weighted by atomic mass is 35.5. The molecule has 0 aliphatic heterocycles. The molecule has 1 amide bonds. The second-order valence-corrected chi connectivity index (χ2v) is 7.04. The van der Waals surface area contributed by atoms with E-state index in [-0.39, 0.29) is 34.9 Å². The highest BCUT2D eigenvalue weighted by Gasteiger charge is 2.18. The zero-order valence-corrected chi connectivity index (χ0v) is 16.5. The minimum atomic E-state index is -0.575. The lowest BCUT2D eigenvalue weighted by molar-refractivity contribution is -0.383. The van der Waals surface area contributed by atoms with E-state index < -0.39 is 4.92 Å². The molecule has 0 radical (unpaired) electrons. The van der Waals surface area contributed by atoms with Crippen LogP contribution in [0.4, 0.5) is 11.4 Å². The molecule has 3 rings (SSSR count). The summed E-state index contributed by atoms with van der Waals surface area (Å²) in [5.41, 5.74) is 3.05. The molecule has 148 valence electrons. The first-order valence-corrected chi connectivity index (χ1v) is 9.40. The smallest absolute Gasteiger partial charge is 0.294 e. The zero-order valence-electron chi connectivity index (χ0n) is 15.8. The van der Waals surface area contributed by atoms with E-state index >= 15 is 0 Å². The van der Waals surface area contributed by atoms with Gasteiger partial charge in [0.15, 0.2) is 0 Å². The van der Waals surface area contributed by atoms with Crippen molar-refractivity contribution < 1.29 is 9.72 Å². The van der Waals surface area contributed by atoms with Gasteiger partial charge < -0.3 is 5.32 Å². The number of benzene rings is 3. The van der Waals surface area contributed by atoms with Crippen molar-refractivity contribution in [1.29, 1.82) is 0 Å². The number of amides is 1. The lowest BCUT2D eigenvalue weighted by Gasteiger charge is -2.20. The fourth-order valence-electron chi connectivity index (χ4n) is 2.98. The number of hydrogen-bond donors (Lipinski definition) is 2. The van der Waals surface area contributed by atoms with Gasteiger partial charge in [-0.15, -0.1) is 0 Å². The molecule has 1 atom stereocenters. The van der Waals surface area contributed by atoms with Crippen LogP contribution in [-0.2, 0) is 4.79 Å². The highest BCUT2D eigenvalue weighted by Crippen LogP contribution is 2.28. The van der Waals surface area contributed by atoms with E-state index in [1.165, 1.54) is 18.2 Å². The topological polar surface area (TPSA) is 84.3 Å². The van der Waals surface area contributed by atoms with Crippen LogP contribution < -0.4 is 10.6 Å². The summed E-state index contributed by atoms with van der Waals surface area (Å²) in [5.74, 6) is -0.386. The fraction of sp³-hybridized carbons (Fsp3) is 0.136. The normalized spacial score (nSPS) is 11.7. The van der Waals surface area contributed by atoms with Gasteiger partial charge in [-0.2, -0.15) is 0 Å². The van der Waals surface area contributed by atoms with Gasteiger partial charge in [-0.05, 0) is 30.2 Å². The summed E-state index contributed by atoms with van der Waals surface area (Å²) in [6.07, 6.45) is 0. The van der Waals surface area contributed by atoms with Crippen molar-refractivity contribution in [3.8, 4) is 0 Å². The molecule has 29 heavy (non-hydrogen) atoms. The number of rotatable bonds is 7. The van der Waals surface area contributed by atoms with E-state index in [0.29, 0.717) is 0 Å². The third-order valence-electron chi connectivity index (χ3n) is 4.44. The highest BCUT2D eigenvalue weighted by molar-refractivity contribution is 6.31. The van der Waals surface area contributed by atoms with Crippen molar-refractivity contribution in [2.75, 3.05) is 11.9 Å². The SMILES string of the molecule is Cc1ccc([C@H](NCC(=O)Nc2ccc(Cl)cc2[N+](=O)[O-])c2ccccc2)cc1. The van der Waals surface area contributed by atoms with E-state index in [0.717, 1.165) is 16.7 Å². The van der Waals surface area contributed by atoms with Crippen LogP contribution in [0.25, 0.3) is 0 Å². The van der Waals surface area contributed by atoms with E-state index in [1.54, 1.807) is 0 Å². The standard InChI is InChI=1S/C22H20ClN3O3/c1-15-7-9-17(10-8-15)22(16-5-3-2-4-6-16)24-14-21(27)25-19-12-11-18(23)13-20(19)26(28)29/h2-13,22,24H,14H2,1H3,(H,25,27)/t22-/m1/s1. The third-order valence-corrected chi connectivity index (χ3v) is 4.68. The summed E-state index contributed by atoms with van der Waals surface area (Å²) in [5, 5.41) is 17.3. The quantitative estimate of drug-likeness (QED) is 0.430. The molecule has 0 fully saturated rings. The summed E-state index contributed by atoms with van der Waals surface area (Å²) in [6, 6.07) is 21.8. The Morgan fingerprint density at radius 1 is 1.03 bits per heavy atom. The molecule has 0 saturated carbocycles. The first-order valence-electron chi connectivity index (χ1n) is 9.03. The van der Waals surface area contributed by atoms with Gasteiger partial charge in [0.2, 0.25) is 5.91 Å². The summed E-state index contributed by atoms with van der Waals surface area (Å²) in [6.45, 7) is 1.99. The molecular weight excluding hydrogens is 390 g/mol. The van der Waals surface area contributed by atoms with Crippen LogP contribution in [0.3, 0.4) is 0 Å². The molecule has 0 heterocycles. The average molecular weight is 410 g/mol. The largest absolute Gasteiger partial charge is 0.319 e. The predicted molar refractivity (Wildman–Crippen MR) is 114 cm³/mol. The summed E-state index contributed by atoms with van der Waals surface area (Å²) in [7, 11) is 0. The number of carbonyl (C=O) groups is 1. The number of halogens is 1. The first kappa shape index (κ1) is 20.5.